The second-order valence-corrected chi connectivity index (χ2v) is 15.2. The van der Waals surface area contributed by atoms with Gasteiger partial charge in [-0.15, -0.1) is 11.3 Å². The van der Waals surface area contributed by atoms with E-state index < -0.39 is 33.2 Å². The van der Waals surface area contributed by atoms with E-state index in [1.807, 2.05) is 10.9 Å². The zero-order valence-electron chi connectivity index (χ0n) is 23.5. The number of sulfone groups is 1. The van der Waals surface area contributed by atoms with Gasteiger partial charge in [-0.2, -0.15) is 18.3 Å². The first-order chi connectivity index (χ1) is 19.7. The van der Waals surface area contributed by atoms with Gasteiger partial charge in [-0.05, 0) is 52.5 Å². The highest BCUT2D eigenvalue weighted by Gasteiger charge is 2.38. The van der Waals surface area contributed by atoms with E-state index in [1.54, 1.807) is 0 Å². The number of hydrogen-bond acceptors (Lipinski definition) is 9. The van der Waals surface area contributed by atoms with Crippen molar-refractivity contribution < 1.29 is 26.4 Å². The van der Waals surface area contributed by atoms with E-state index in [0.717, 1.165) is 50.5 Å². The van der Waals surface area contributed by atoms with E-state index in [4.69, 9.17) is 5.10 Å². The van der Waals surface area contributed by atoms with Gasteiger partial charge < -0.3 is 10.6 Å². The standard InChI is InChI=1S/C27H32F3N7O3S2/c1-26(2,3)36-9-6-16(7-10-36)37-14-18(21(35-37)15-4-5-15)33-25-32-13-17(27(28,29)30)22(34-25)19-12-20-23(41-19)24(38)31-8-11-42(20,39)40/h12-16H,4-11H2,1-3H3,(H,31,38)(H,32,33,34). The summed E-state index contributed by atoms with van der Waals surface area (Å²) >= 11 is 0.670. The highest BCUT2D eigenvalue weighted by atomic mass is 32.2. The Morgan fingerprint density at radius 2 is 1.83 bits per heavy atom. The molecule has 15 heteroatoms. The van der Waals surface area contributed by atoms with Crippen molar-refractivity contribution >= 4 is 38.7 Å². The van der Waals surface area contributed by atoms with Crippen LogP contribution in [0.3, 0.4) is 0 Å². The third kappa shape index (κ3) is 5.65. The molecule has 1 aliphatic carbocycles. The van der Waals surface area contributed by atoms with Crippen LogP contribution in [0.1, 0.15) is 79.3 Å². The third-order valence-electron chi connectivity index (χ3n) is 7.98. The number of carbonyl (C=O) groups is 1. The van der Waals surface area contributed by atoms with Crippen LogP contribution in [0.5, 0.6) is 0 Å². The Kier molecular flexibility index (Phi) is 7.12. The number of likely N-dealkylation sites (tertiary alicyclic amines) is 1. The lowest BCUT2D eigenvalue weighted by Crippen LogP contribution is -2.46. The van der Waals surface area contributed by atoms with Gasteiger partial charge in [0, 0.05) is 43.5 Å². The van der Waals surface area contributed by atoms with E-state index in [0.29, 0.717) is 23.2 Å². The number of halogens is 3. The van der Waals surface area contributed by atoms with Gasteiger partial charge in [-0.3, -0.25) is 14.4 Å². The van der Waals surface area contributed by atoms with Crippen molar-refractivity contribution in [2.75, 3.05) is 30.7 Å². The van der Waals surface area contributed by atoms with Crippen molar-refractivity contribution in [3.63, 3.8) is 0 Å². The number of thiophene rings is 1. The Labute approximate surface area is 245 Å². The van der Waals surface area contributed by atoms with Gasteiger partial charge in [0.15, 0.2) is 9.84 Å². The van der Waals surface area contributed by atoms with Crippen LogP contribution >= 0.6 is 11.3 Å². The van der Waals surface area contributed by atoms with Gasteiger partial charge in [-0.25, -0.2) is 18.4 Å². The molecule has 2 N–H and O–H groups in total. The molecule has 42 heavy (non-hydrogen) atoms. The zero-order valence-corrected chi connectivity index (χ0v) is 25.1. The molecule has 3 aromatic heterocycles. The zero-order chi connectivity index (χ0) is 30.0. The lowest BCUT2D eigenvalue weighted by Gasteiger charge is -2.40. The van der Waals surface area contributed by atoms with Gasteiger partial charge >= 0.3 is 6.18 Å². The third-order valence-corrected chi connectivity index (χ3v) is 11.0. The Balaban J connectivity index is 1.34. The first-order valence-corrected chi connectivity index (χ1v) is 16.4. The van der Waals surface area contributed by atoms with Crippen molar-refractivity contribution in [3.8, 4) is 10.6 Å². The summed E-state index contributed by atoms with van der Waals surface area (Å²) < 4.78 is 69.5. The molecule has 3 aliphatic rings. The normalized spacial score (nSPS) is 20.2. The van der Waals surface area contributed by atoms with E-state index >= 15 is 0 Å². The number of aromatic nitrogens is 4. The fraction of sp³-hybridized carbons (Fsp3) is 0.556. The van der Waals surface area contributed by atoms with Crippen LogP contribution in [0.4, 0.5) is 24.8 Å². The average Bonchev–Trinajstić information content (AvgIpc) is 3.52. The number of anilines is 2. The molecule has 6 rings (SSSR count). The van der Waals surface area contributed by atoms with E-state index in [9.17, 15) is 26.4 Å². The molecule has 1 saturated heterocycles. The lowest BCUT2D eigenvalue weighted by molar-refractivity contribution is -0.137. The molecule has 3 aromatic rings. The molecule has 1 amide bonds. The van der Waals surface area contributed by atoms with E-state index in [1.165, 1.54) is 0 Å². The molecule has 2 fully saturated rings. The summed E-state index contributed by atoms with van der Waals surface area (Å²) in [4.78, 5) is 22.6. The molecule has 0 atom stereocenters. The molecule has 10 nitrogen and oxygen atoms in total. The molecule has 2 aliphatic heterocycles. The number of fused-ring (bicyclic) bond motifs is 1. The number of alkyl halides is 3. The van der Waals surface area contributed by atoms with Crippen molar-refractivity contribution in [2.45, 2.75) is 75.0 Å². The van der Waals surface area contributed by atoms with Crippen LogP contribution in [0.15, 0.2) is 23.4 Å². The summed E-state index contributed by atoms with van der Waals surface area (Å²) in [6.07, 6.45) is 1.59. The number of hydrogen-bond donors (Lipinski definition) is 2. The summed E-state index contributed by atoms with van der Waals surface area (Å²) in [7, 11) is -3.86. The van der Waals surface area contributed by atoms with Crippen molar-refractivity contribution in [1.29, 1.82) is 0 Å². The number of amides is 1. The Bertz CT molecular complexity index is 1630. The maximum atomic E-state index is 14.0. The number of carbonyl (C=O) groups excluding carboxylic acids is 1. The fourth-order valence-electron chi connectivity index (χ4n) is 5.48. The minimum atomic E-state index is -4.80. The molecule has 0 aromatic carbocycles. The monoisotopic (exact) mass is 623 g/mol. The van der Waals surface area contributed by atoms with Gasteiger partial charge in [0.1, 0.15) is 10.4 Å². The van der Waals surface area contributed by atoms with Gasteiger partial charge in [-0.1, -0.05) is 0 Å². The number of rotatable bonds is 5. The summed E-state index contributed by atoms with van der Waals surface area (Å²) in [6.45, 7) is 8.42. The lowest BCUT2D eigenvalue weighted by atomic mass is 9.98. The Morgan fingerprint density at radius 1 is 1.12 bits per heavy atom. The number of piperidine rings is 1. The van der Waals surface area contributed by atoms with Crippen LogP contribution in [0.2, 0.25) is 0 Å². The minimum absolute atomic E-state index is 0.0695. The molecule has 1 saturated carbocycles. The SMILES string of the molecule is CC(C)(C)N1CCC(n2cc(Nc3ncc(C(F)(F)F)c(-c4cc5c(s4)C(=O)NCCS5(=O)=O)n3)c(C3CC3)n2)CC1. The Hall–Kier alpha value is -3.04. The maximum absolute atomic E-state index is 14.0. The van der Waals surface area contributed by atoms with Crippen LogP contribution in [-0.4, -0.2) is 69.9 Å². The molecule has 0 spiro atoms. The summed E-state index contributed by atoms with van der Waals surface area (Å²) in [6, 6.07) is 1.31. The molecule has 0 unspecified atom stereocenters. The maximum Gasteiger partial charge on any atom is 0.420 e. The highest BCUT2D eigenvalue weighted by Crippen LogP contribution is 2.45. The summed E-state index contributed by atoms with van der Waals surface area (Å²) in [5.41, 5.74) is -0.0376. The molecular weight excluding hydrogens is 591 g/mol. The quantitative estimate of drug-likeness (QED) is 0.408. The van der Waals surface area contributed by atoms with Gasteiger partial charge in [0.25, 0.3) is 5.91 Å². The average molecular weight is 624 g/mol. The summed E-state index contributed by atoms with van der Waals surface area (Å²) in [5, 5.41) is 10.5. The second-order valence-electron chi connectivity index (χ2n) is 12.0. The first-order valence-electron chi connectivity index (χ1n) is 13.9. The van der Waals surface area contributed by atoms with Gasteiger partial charge in [0.2, 0.25) is 5.95 Å². The van der Waals surface area contributed by atoms with Gasteiger partial charge in [0.05, 0.1) is 38.6 Å². The predicted octanol–water partition coefficient (Wildman–Crippen LogP) is 4.99. The number of nitrogens with zero attached hydrogens (tertiary/aromatic N) is 5. The number of nitrogens with one attached hydrogen (secondary N) is 2. The van der Waals surface area contributed by atoms with Crippen LogP contribution in [0.25, 0.3) is 10.6 Å². The van der Waals surface area contributed by atoms with Crippen molar-refractivity contribution in [1.82, 2.24) is 30.0 Å². The molecule has 0 radical (unpaired) electrons. The van der Waals surface area contributed by atoms with Crippen LogP contribution in [0, 0.1) is 0 Å². The second kappa shape index (κ2) is 10.3. The predicted molar refractivity (Wildman–Crippen MR) is 152 cm³/mol. The first kappa shape index (κ1) is 29.1. The molecule has 226 valence electrons. The Morgan fingerprint density at radius 3 is 2.48 bits per heavy atom. The van der Waals surface area contributed by atoms with Crippen LogP contribution in [-0.2, 0) is 16.0 Å². The van der Waals surface area contributed by atoms with E-state index in [2.05, 4.69) is 46.3 Å². The molecule has 5 heterocycles. The molecule has 0 bridgehead atoms. The minimum Gasteiger partial charge on any atom is -0.350 e. The summed E-state index contributed by atoms with van der Waals surface area (Å²) in [5.74, 6) is -0.793. The van der Waals surface area contributed by atoms with Crippen molar-refractivity contribution in [3.05, 3.63) is 34.6 Å². The largest absolute Gasteiger partial charge is 0.420 e. The van der Waals surface area contributed by atoms with Crippen molar-refractivity contribution in [2.24, 2.45) is 0 Å². The smallest absolute Gasteiger partial charge is 0.350 e. The fourth-order valence-corrected chi connectivity index (χ4v) is 8.29. The van der Waals surface area contributed by atoms with E-state index in [-0.39, 0.29) is 50.4 Å². The molecular formula is C27H32F3N7O3S2. The highest BCUT2D eigenvalue weighted by molar-refractivity contribution is 7.91. The van der Waals surface area contributed by atoms with Crippen LogP contribution < -0.4 is 10.6 Å². The topological polar surface area (TPSA) is 122 Å².